The first-order valence-electron chi connectivity index (χ1n) is 12.9. The first-order valence-corrected chi connectivity index (χ1v) is 12.9. The summed E-state index contributed by atoms with van der Waals surface area (Å²) in [5, 5.41) is 5.85. The van der Waals surface area contributed by atoms with Gasteiger partial charge >= 0.3 is 0 Å². The van der Waals surface area contributed by atoms with E-state index in [1.54, 1.807) is 0 Å². The molecule has 0 aliphatic carbocycles. The van der Waals surface area contributed by atoms with E-state index >= 15 is 0 Å². The van der Waals surface area contributed by atoms with Gasteiger partial charge in [-0.2, -0.15) is 0 Å². The van der Waals surface area contributed by atoms with Crippen LogP contribution in [-0.4, -0.2) is 0 Å². The van der Waals surface area contributed by atoms with Crippen LogP contribution in [0.15, 0.2) is 150 Å². The molecular formula is C36H25NO. The summed E-state index contributed by atoms with van der Waals surface area (Å²) in [6, 6.07) is 50.8. The standard InChI is InChI=1S/C36H25NO/c1-4-11-25(12-5-1)27-19-21-30(22-20-27)37-33-17-10-18-34-35(33)32-24-29(26-13-6-2-7-14-26)23-31(36(32)38-34)28-15-8-3-9-16-28/h1-24,37H. The average molecular weight is 488 g/mol. The van der Waals surface area contributed by atoms with Crippen molar-refractivity contribution in [2.75, 3.05) is 5.32 Å². The molecule has 0 saturated carbocycles. The second-order valence-electron chi connectivity index (χ2n) is 9.48. The molecule has 0 aliphatic heterocycles. The minimum Gasteiger partial charge on any atom is -0.455 e. The molecule has 0 amide bonds. The number of benzene rings is 6. The zero-order valence-corrected chi connectivity index (χ0v) is 20.8. The summed E-state index contributed by atoms with van der Waals surface area (Å²) in [6.07, 6.45) is 0. The summed E-state index contributed by atoms with van der Waals surface area (Å²) in [6.45, 7) is 0. The highest BCUT2D eigenvalue weighted by atomic mass is 16.3. The SMILES string of the molecule is c1ccc(-c2ccc(Nc3cccc4oc5c(-c6ccccc6)cc(-c6ccccc6)cc5c34)cc2)cc1. The first-order chi connectivity index (χ1) is 18.8. The van der Waals surface area contributed by atoms with Crippen molar-refractivity contribution in [3.05, 3.63) is 146 Å². The van der Waals surface area contributed by atoms with Gasteiger partial charge < -0.3 is 9.73 Å². The second kappa shape index (κ2) is 9.42. The summed E-state index contributed by atoms with van der Waals surface area (Å²) < 4.78 is 6.54. The van der Waals surface area contributed by atoms with E-state index in [1.165, 1.54) is 22.3 Å². The van der Waals surface area contributed by atoms with Crippen molar-refractivity contribution in [2.45, 2.75) is 0 Å². The highest BCUT2D eigenvalue weighted by molar-refractivity contribution is 6.16. The van der Waals surface area contributed by atoms with Gasteiger partial charge in [0.1, 0.15) is 11.2 Å². The Kier molecular flexibility index (Phi) is 5.49. The molecule has 38 heavy (non-hydrogen) atoms. The van der Waals surface area contributed by atoms with Crippen LogP contribution in [0.25, 0.3) is 55.3 Å². The highest BCUT2D eigenvalue weighted by Gasteiger charge is 2.17. The third kappa shape index (κ3) is 4.03. The van der Waals surface area contributed by atoms with Gasteiger partial charge in [0, 0.05) is 16.6 Å². The van der Waals surface area contributed by atoms with Gasteiger partial charge in [0.15, 0.2) is 0 Å². The Morgan fingerprint density at radius 3 is 1.68 bits per heavy atom. The summed E-state index contributed by atoms with van der Waals surface area (Å²) in [5.41, 5.74) is 10.8. The molecule has 0 spiro atoms. The van der Waals surface area contributed by atoms with Crippen molar-refractivity contribution in [2.24, 2.45) is 0 Å². The Balaban J connectivity index is 1.38. The molecule has 180 valence electrons. The van der Waals surface area contributed by atoms with Gasteiger partial charge in [-0.1, -0.05) is 109 Å². The second-order valence-corrected chi connectivity index (χ2v) is 9.48. The fourth-order valence-electron chi connectivity index (χ4n) is 5.19. The van der Waals surface area contributed by atoms with E-state index in [2.05, 4.69) is 133 Å². The predicted molar refractivity (Wildman–Crippen MR) is 160 cm³/mol. The van der Waals surface area contributed by atoms with E-state index in [0.29, 0.717) is 0 Å². The van der Waals surface area contributed by atoms with Gasteiger partial charge in [-0.15, -0.1) is 0 Å². The van der Waals surface area contributed by atoms with Crippen molar-refractivity contribution in [3.63, 3.8) is 0 Å². The highest BCUT2D eigenvalue weighted by Crippen LogP contribution is 2.42. The molecule has 2 nitrogen and oxygen atoms in total. The van der Waals surface area contributed by atoms with Gasteiger partial charge in [0.05, 0.1) is 11.1 Å². The molecule has 6 aromatic carbocycles. The molecule has 0 radical (unpaired) electrons. The fraction of sp³-hybridized carbons (Fsp3) is 0. The Morgan fingerprint density at radius 2 is 1.03 bits per heavy atom. The van der Waals surface area contributed by atoms with Crippen LogP contribution in [0, 0.1) is 0 Å². The monoisotopic (exact) mass is 487 g/mol. The lowest BCUT2D eigenvalue weighted by Gasteiger charge is -2.10. The van der Waals surface area contributed by atoms with Crippen LogP contribution in [0.2, 0.25) is 0 Å². The third-order valence-electron chi connectivity index (χ3n) is 7.06. The molecule has 7 aromatic rings. The quantitative estimate of drug-likeness (QED) is 0.261. The van der Waals surface area contributed by atoms with Crippen LogP contribution in [0.3, 0.4) is 0 Å². The number of furan rings is 1. The number of anilines is 2. The van der Waals surface area contributed by atoms with Crippen molar-refractivity contribution in [3.8, 4) is 33.4 Å². The largest absolute Gasteiger partial charge is 0.455 e. The molecule has 0 fully saturated rings. The Morgan fingerprint density at radius 1 is 0.447 bits per heavy atom. The zero-order valence-electron chi connectivity index (χ0n) is 20.8. The zero-order chi connectivity index (χ0) is 25.3. The van der Waals surface area contributed by atoms with Crippen LogP contribution in [0.5, 0.6) is 0 Å². The number of nitrogens with one attached hydrogen (secondary N) is 1. The van der Waals surface area contributed by atoms with Gasteiger partial charge in [0.2, 0.25) is 0 Å². The number of hydrogen-bond acceptors (Lipinski definition) is 2. The smallest absolute Gasteiger partial charge is 0.143 e. The molecule has 0 bridgehead atoms. The maximum atomic E-state index is 6.54. The van der Waals surface area contributed by atoms with Gasteiger partial charge in [-0.3, -0.25) is 0 Å². The van der Waals surface area contributed by atoms with Crippen LogP contribution in [-0.2, 0) is 0 Å². The molecule has 7 rings (SSSR count). The Bertz CT molecular complexity index is 1850. The molecule has 0 unspecified atom stereocenters. The number of fused-ring (bicyclic) bond motifs is 3. The van der Waals surface area contributed by atoms with Crippen molar-refractivity contribution in [1.82, 2.24) is 0 Å². The Labute approximate surface area is 221 Å². The maximum Gasteiger partial charge on any atom is 0.143 e. The van der Waals surface area contributed by atoms with Crippen LogP contribution < -0.4 is 5.32 Å². The molecule has 0 saturated heterocycles. The van der Waals surface area contributed by atoms with E-state index in [1.807, 2.05) is 18.2 Å². The normalized spacial score (nSPS) is 11.2. The van der Waals surface area contributed by atoms with Crippen LogP contribution >= 0.6 is 0 Å². The minimum atomic E-state index is 0.869. The van der Waals surface area contributed by atoms with Gasteiger partial charge in [0.25, 0.3) is 0 Å². The maximum absolute atomic E-state index is 6.54. The van der Waals surface area contributed by atoms with E-state index in [9.17, 15) is 0 Å². The van der Waals surface area contributed by atoms with Crippen molar-refractivity contribution < 1.29 is 4.42 Å². The molecule has 0 aliphatic rings. The van der Waals surface area contributed by atoms with E-state index in [-0.39, 0.29) is 0 Å². The van der Waals surface area contributed by atoms with Crippen molar-refractivity contribution >= 4 is 33.3 Å². The number of hydrogen-bond donors (Lipinski definition) is 1. The topological polar surface area (TPSA) is 25.2 Å². The number of rotatable bonds is 5. The fourth-order valence-corrected chi connectivity index (χ4v) is 5.19. The van der Waals surface area contributed by atoms with Crippen molar-refractivity contribution in [1.29, 1.82) is 0 Å². The average Bonchev–Trinajstić information content (AvgIpc) is 3.38. The summed E-state index contributed by atoms with van der Waals surface area (Å²) in [5.74, 6) is 0. The third-order valence-corrected chi connectivity index (χ3v) is 7.06. The lowest BCUT2D eigenvalue weighted by molar-refractivity contribution is 0.670. The first kappa shape index (κ1) is 22.1. The molecule has 1 heterocycles. The van der Waals surface area contributed by atoms with E-state index in [4.69, 9.17) is 4.42 Å². The van der Waals surface area contributed by atoms with Crippen LogP contribution in [0.4, 0.5) is 11.4 Å². The Hall–Kier alpha value is -5.08. The minimum absolute atomic E-state index is 0.869. The molecular weight excluding hydrogens is 462 g/mol. The summed E-state index contributed by atoms with van der Waals surface area (Å²) in [4.78, 5) is 0. The molecule has 1 aromatic heterocycles. The van der Waals surface area contributed by atoms with Gasteiger partial charge in [-0.25, -0.2) is 0 Å². The summed E-state index contributed by atoms with van der Waals surface area (Å²) in [7, 11) is 0. The van der Waals surface area contributed by atoms with E-state index < -0.39 is 0 Å². The molecule has 2 heteroatoms. The van der Waals surface area contributed by atoms with Gasteiger partial charge in [-0.05, 0) is 64.2 Å². The lowest BCUT2D eigenvalue weighted by Crippen LogP contribution is -1.91. The van der Waals surface area contributed by atoms with Crippen LogP contribution in [0.1, 0.15) is 0 Å². The predicted octanol–water partition coefficient (Wildman–Crippen LogP) is 10.3. The molecule has 0 atom stereocenters. The summed E-state index contributed by atoms with van der Waals surface area (Å²) >= 11 is 0. The van der Waals surface area contributed by atoms with E-state index in [0.717, 1.165) is 44.4 Å². The molecule has 1 N–H and O–H groups in total. The lowest BCUT2D eigenvalue weighted by atomic mass is 9.95.